The Balaban J connectivity index is 2.08. The number of urea groups is 1. The van der Waals surface area contributed by atoms with Crippen molar-refractivity contribution in [1.29, 1.82) is 0 Å². The lowest BCUT2D eigenvalue weighted by atomic mass is 10.1. The van der Waals surface area contributed by atoms with Crippen molar-refractivity contribution >= 4 is 22.5 Å². The van der Waals surface area contributed by atoms with Gasteiger partial charge in [-0.25, -0.2) is 9.78 Å². The van der Waals surface area contributed by atoms with E-state index >= 15 is 0 Å². The summed E-state index contributed by atoms with van der Waals surface area (Å²) in [5.41, 5.74) is 1.61. The summed E-state index contributed by atoms with van der Waals surface area (Å²) >= 11 is 1.42. The average Bonchev–Trinajstić information content (AvgIpc) is 2.86. The molecule has 0 aliphatic carbocycles. The first-order valence-electron chi connectivity index (χ1n) is 6.63. The fourth-order valence-electron chi connectivity index (χ4n) is 1.78. The number of hydrogen-bond donors (Lipinski definition) is 3. The van der Waals surface area contributed by atoms with E-state index in [-0.39, 0.29) is 12.6 Å². The second-order valence-corrected chi connectivity index (χ2v) is 6.50. The van der Waals surface area contributed by atoms with Gasteiger partial charge in [0.1, 0.15) is 0 Å². The molecule has 1 aromatic heterocycles. The lowest BCUT2D eigenvalue weighted by Crippen LogP contribution is -2.48. The number of anilines is 1. The maximum atomic E-state index is 11.8. The Kier molecular flexibility index (Phi) is 4.59. The van der Waals surface area contributed by atoms with Crippen LogP contribution in [0.25, 0.3) is 10.4 Å². The van der Waals surface area contributed by atoms with Crippen LogP contribution in [0.5, 0.6) is 0 Å². The number of aliphatic hydroxyl groups excluding tert-OH is 1. The Labute approximate surface area is 128 Å². The van der Waals surface area contributed by atoms with Gasteiger partial charge < -0.3 is 10.4 Å². The van der Waals surface area contributed by atoms with Gasteiger partial charge in [0.2, 0.25) is 0 Å². The first kappa shape index (κ1) is 15.5. The van der Waals surface area contributed by atoms with Gasteiger partial charge in [0.25, 0.3) is 0 Å². The molecule has 0 aliphatic heterocycles. The topological polar surface area (TPSA) is 74.2 Å². The molecule has 0 spiro atoms. The lowest BCUT2D eigenvalue weighted by Gasteiger charge is -2.23. The molecule has 6 heteroatoms. The van der Waals surface area contributed by atoms with Gasteiger partial charge in [-0.1, -0.05) is 35.6 Å². The molecule has 2 amide bonds. The number of thiazole rings is 1. The molecule has 0 fully saturated rings. The van der Waals surface area contributed by atoms with E-state index in [4.69, 9.17) is 5.11 Å². The van der Waals surface area contributed by atoms with E-state index in [1.165, 1.54) is 16.9 Å². The minimum Gasteiger partial charge on any atom is -0.394 e. The summed E-state index contributed by atoms with van der Waals surface area (Å²) in [5.74, 6) is 0. The molecule has 0 atom stereocenters. The van der Waals surface area contributed by atoms with Crippen LogP contribution < -0.4 is 10.6 Å². The third kappa shape index (κ3) is 4.03. The zero-order chi connectivity index (χ0) is 15.5. The normalized spacial score (nSPS) is 11.2. The molecular formula is C15H19N3O2S. The molecule has 21 heavy (non-hydrogen) atoms. The third-order valence-corrected chi connectivity index (χ3v) is 3.93. The van der Waals surface area contributed by atoms with E-state index in [1.54, 1.807) is 20.0 Å². The van der Waals surface area contributed by atoms with Crippen molar-refractivity contribution in [3.05, 3.63) is 36.0 Å². The Bertz CT molecular complexity index is 637. The van der Waals surface area contributed by atoms with Gasteiger partial charge in [0.15, 0.2) is 5.13 Å². The monoisotopic (exact) mass is 305 g/mol. The molecule has 3 N–H and O–H groups in total. The van der Waals surface area contributed by atoms with Crippen molar-refractivity contribution in [2.75, 3.05) is 11.9 Å². The van der Waals surface area contributed by atoms with Crippen molar-refractivity contribution in [2.24, 2.45) is 0 Å². The van der Waals surface area contributed by atoms with Crippen LogP contribution in [0.1, 0.15) is 19.4 Å². The largest absolute Gasteiger partial charge is 0.394 e. The van der Waals surface area contributed by atoms with Gasteiger partial charge in [-0.3, -0.25) is 5.32 Å². The fraction of sp³-hybridized carbons (Fsp3) is 0.333. The molecule has 1 aromatic carbocycles. The maximum absolute atomic E-state index is 11.8. The van der Waals surface area contributed by atoms with E-state index in [9.17, 15) is 4.79 Å². The SMILES string of the molecule is Cc1ccccc1-c1cnc(NC(=O)NC(C)(C)CO)s1. The molecule has 5 nitrogen and oxygen atoms in total. The van der Waals surface area contributed by atoms with E-state index in [2.05, 4.69) is 15.6 Å². The number of carbonyl (C=O) groups excluding carboxylic acids is 1. The molecule has 0 aliphatic rings. The van der Waals surface area contributed by atoms with Crippen LogP contribution in [-0.2, 0) is 0 Å². The fourth-order valence-corrected chi connectivity index (χ4v) is 2.68. The van der Waals surface area contributed by atoms with Gasteiger partial charge in [0, 0.05) is 6.20 Å². The van der Waals surface area contributed by atoms with Crippen LogP contribution in [0.2, 0.25) is 0 Å². The summed E-state index contributed by atoms with van der Waals surface area (Å²) in [6, 6.07) is 7.66. The minimum absolute atomic E-state index is 0.132. The maximum Gasteiger partial charge on any atom is 0.321 e. The van der Waals surface area contributed by atoms with Crippen LogP contribution >= 0.6 is 11.3 Å². The van der Waals surface area contributed by atoms with Crippen molar-refractivity contribution in [2.45, 2.75) is 26.3 Å². The van der Waals surface area contributed by atoms with Gasteiger partial charge in [-0.05, 0) is 31.9 Å². The smallest absolute Gasteiger partial charge is 0.321 e. The number of aromatic nitrogens is 1. The molecule has 0 saturated heterocycles. The number of nitrogens with one attached hydrogen (secondary N) is 2. The summed E-state index contributed by atoms with van der Waals surface area (Å²) in [7, 11) is 0. The molecule has 0 saturated carbocycles. The van der Waals surface area contributed by atoms with Crippen molar-refractivity contribution < 1.29 is 9.90 Å². The van der Waals surface area contributed by atoms with Crippen molar-refractivity contribution in [1.82, 2.24) is 10.3 Å². The molecule has 2 aromatic rings. The Morgan fingerprint density at radius 3 is 2.76 bits per heavy atom. The van der Waals surface area contributed by atoms with Crippen LogP contribution in [-0.4, -0.2) is 28.3 Å². The summed E-state index contributed by atoms with van der Waals surface area (Å²) < 4.78 is 0. The second kappa shape index (κ2) is 6.24. The number of amides is 2. The van der Waals surface area contributed by atoms with Gasteiger partial charge >= 0.3 is 6.03 Å². The Morgan fingerprint density at radius 2 is 2.10 bits per heavy atom. The number of carbonyl (C=O) groups is 1. The number of aliphatic hydroxyl groups is 1. The van der Waals surface area contributed by atoms with Gasteiger partial charge in [0.05, 0.1) is 17.0 Å². The number of rotatable bonds is 4. The van der Waals surface area contributed by atoms with Crippen molar-refractivity contribution in [3.63, 3.8) is 0 Å². The van der Waals surface area contributed by atoms with Crippen LogP contribution in [0.15, 0.2) is 30.5 Å². The lowest BCUT2D eigenvalue weighted by molar-refractivity contribution is 0.187. The molecule has 1 heterocycles. The van der Waals surface area contributed by atoms with E-state index in [0.717, 1.165) is 10.4 Å². The summed E-state index contributed by atoms with van der Waals surface area (Å²) in [6.07, 6.45) is 1.75. The highest BCUT2D eigenvalue weighted by atomic mass is 32.1. The molecular weight excluding hydrogens is 286 g/mol. The quantitative estimate of drug-likeness (QED) is 0.813. The minimum atomic E-state index is -0.666. The number of hydrogen-bond acceptors (Lipinski definition) is 4. The molecule has 0 bridgehead atoms. The Morgan fingerprint density at radius 1 is 1.38 bits per heavy atom. The zero-order valence-electron chi connectivity index (χ0n) is 12.3. The van der Waals surface area contributed by atoms with E-state index in [0.29, 0.717) is 5.13 Å². The summed E-state index contributed by atoms with van der Waals surface area (Å²) in [4.78, 5) is 17.1. The van der Waals surface area contributed by atoms with Crippen LogP contribution in [0, 0.1) is 6.92 Å². The highest BCUT2D eigenvalue weighted by Crippen LogP contribution is 2.30. The highest BCUT2D eigenvalue weighted by molar-refractivity contribution is 7.19. The highest BCUT2D eigenvalue weighted by Gasteiger charge is 2.19. The third-order valence-electron chi connectivity index (χ3n) is 2.98. The van der Waals surface area contributed by atoms with Crippen LogP contribution in [0.3, 0.4) is 0 Å². The van der Waals surface area contributed by atoms with Crippen molar-refractivity contribution in [3.8, 4) is 10.4 Å². The van der Waals surface area contributed by atoms with E-state index < -0.39 is 5.54 Å². The van der Waals surface area contributed by atoms with Gasteiger partial charge in [-0.2, -0.15) is 0 Å². The molecule has 112 valence electrons. The first-order chi connectivity index (χ1) is 9.91. The van der Waals surface area contributed by atoms with Crippen LogP contribution in [0.4, 0.5) is 9.93 Å². The molecule has 0 unspecified atom stereocenters. The summed E-state index contributed by atoms with van der Waals surface area (Å²) in [6.45, 7) is 5.39. The second-order valence-electron chi connectivity index (χ2n) is 5.47. The number of benzene rings is 1. The number of aryl methyl sites for hydroxylation is 1. The number of nitrogens with zero attached hydrogens (tertiary/aromatic N) is 1. The molecule has 2 rings (SSSR count). The van der Waals surface area contributed by atoms with E-state index in [1.807, 2.05) is 31.2 Å². The predicted octanol–water partition coefficient (Wildman–Crippen LogP) is 3.01. The predicted molar refractivity (Wildman–Crippen MR) is 85.6 cm³/mol. The first-order valence-corrected chi connectivity index (χ1v) is 7.45. The summed E-state index contributed by atoms with van der Waals surface area (Å²) in [5, 5.41) is 15.0. The zero-order valence-corrected chi connectivity index (χ0v) is 13.1. The average molecular weight is 305 g/mol. The molecule has 0 radical (unpaired) electrons. The standard InChI is InChI=1S/C15H19N3O2S/c1-10-6-4-5-7-11(10)12-8-16-14(21-12)17-13(20)18-15(2,3)9-19/h4-8,19H,9H2,1-3H3,(H2,16,17,18,20). The Hall–Kier alpha value is -1.92. The van der Waals surface area contributed by atoms with Gasteiger partial charge in [-0.15, -0.1) is 0 Å².